The molecule has 1 aliphatic heterocycles. The van der Waals surface area contributed by atoms with E-state index in [-0.39, 0.29) is 23.6 Å². The summed E-state index contributed by atoms with van der Waals surface area (Å²) in [4.78, 5) is 26.3. The van der Waals surface area contributed by atoms with E-state index in [0.717, 1.165) is 31.9 Å². The molecule has 1 N–H and O–H groups in total. The van der Waals surface area contributed by atoms with Gasteiger partial charge in [0, 0.05) is 17.9 Å². The molecule has 1 aromatic carbocycles. The molecule has 1 aliphatic carbocycles. The number of carboxylic acids is 1. The third kappa shape index (κ3) is 3.86. The van der Waals surface area contributed by atoms with Gasteiger partial charge in [-0.05, 0) is 42.9 Å². The van der Waals surface area contributed by atoms with E-state index in [4.69, 9.17) is 0 Å². The van der Waals surface area contributed by atoms with Gasteiger partial charge in [-0.25, -0.2) is 13.2 Å². The standard InChI is InChI=1S/C18H23NO5S/c1-25(23,24)11-12-5-4-7-14(9-12)17(20)19-15-8-3-2-6-13(15)10-16(19)18(21)22/h4-5,7,9,13,15-16H,2-3,6,8,10-11H2,1H3,(H,21,22)/t13-,15+,16-/m0/s1. The largest absolute Gasteiger partial charge is 0.480 e. The second kappa shape index (κ2) is 6.78. The zero-order valence-corrected chi connectivity index (χ0v) is 15.0. The molecule has 3 atom stereocenters. The minimum absolute atomic E-state index is 0.0269. The lowest BCUT2D eigenvalue weighted by molar-refractivity contribution is -0.141. The molecule has 1 amide bonds. The first kappa shape index (κ1) is 17.9. The topological polar surface area (TPSA) is 91.8 Å². The van der Waals surface area contributed by atoms with Gasteiger partial charge in [0.15, 0.2) is 9.84 Å². The molecule has 3 rings (SSSR count). The first-order chi connectivity index (χ1) is 11.8. The highest BCUT2D eigenvalue weighted by atomic mass is 32.2. The van der Waals surface area contributed by atoms with Crippen LogP contribution in [0.5, 0.6) is 0 Å². The molecule has 0 bridgehead atoms. The average molecular weight is 365 g/mol. The minimum atomic E-state index is -3.20. The molecule has 1 saturated heterocycles. The molecule has 136 valence electrons. The lowest BCUT2D eigenvalue weighted by Crippen LogP contribution is -2.46. The molecule has 1 heterocycles. The normalized spacial score (nSPS) is 26.3. The van der Waals surface area contributed by atoms with E-state index in [2.05, 4.69) is 0 Å². The highest BCUT2D eigenvalue weighted by molar-refractivity contribution is 7.89. The van der Waals surface area contributed by atoms with E-state index in [1.54, 1.807) is 24.3 Å². The first-order valence-electron chi connectivity index (χ1n) is 8.58. The van der Waals surface area contributed by atoms with Crippen molar-refractivity contribution in [3.63, 3.8) is 0 Å². The van der Waals surface area contributed by atoms with Crippen LogP contribution in [0.15, 0.2) is 24.3 Å². The van der Waals surface area contributed by atoms with Crippen LogP contribution in [0.25, 0.3) is 0 Å². The summed E-state index contributed by atoms with van der Waals surface area (Å²) in [5.74, 6) is -1.16. The van der Waals surface area contributed by atoms with Crippen molar-refractivity contribution in [2.45, 2.75) is 49.9 Å². The van der Waals surface area contributed by atoms with Gasteiger partial charge >= 0.3 is 5.97 Å². The number of likely N-dealkylation sites (tertiary alicyclic amines) is 1. The summed E-state index contributed by atoms with van der Waals surface area (Å²) in [5, 5.41) is 9.56. The van der Waals surface area contributed by atoms with E-state index in [0.29, 0.717) is 17.5 Å². The van der Waals surface area contributed by atoms with Crippen molar-refractivity contribution in [1.82, 2.24) is 4.90 Å². The summed E-state index contributed by atoms with van der Waals surface area (Å²) in [5.41, 5.74) is 0.901. The van der Waals surface area contributed by atoms with Crippen LogP contribution in [-0.2, 0) is 20.4 Å². The van der Waals surface area contributed by atoms with Crippen molar-refractivity contribution in [1.29, 1.82) is 0 Å². The number of carboxylic acid groups (broad SMARTS) is 1. The number of benzene rings is 1. The Bertz CT molecular complexity index is 788. The Morgan fingerprint density at radius 2 is 1.96 bits per heavy atom. The molecule has 1 aromatic rings. The molecule has 1 saturated carbocycles. The van der Waals surface area contributed by atoms with Crippen molar-refractivity contribution in [3.8, 4) is 0 Å². The lowest BCUT2D eigenvalue weighted by atomic mass is 9.84. The first-order valence-corrected chi connectivity index (χ1v) is 10.6. The average Bonchev–Trinajstić information content (AvgIpc) is 2.92. The number of carbonyl (C=O) groups is 2. The fraction of sp³-hybridized carbons (Fsp3) is 0.556. The summed E-state index contributed by atoms with van der Waals surface area (Å²) in [6.45, 7) is 0. The van der Waals surface area contributed by atoms with E-state index in [9.17, 15) is 23.1 Å². The predicted octanol–water partition coefficient (Wildman–Crippen LogP) is 2.09. The van der Waals surface area contributed by atoms with Gasteiger partial charge in [-0.15, -0.1) is 0 Å². The summed E-state index contributed by atoms with van der Waals surface area (Å²) in [7, 11) is -3.20. The van der Waals surface area contributed by atoms with Crippen LogP contribution in [0, 0.1) is 5.92 Å². The molecule has 25 heavy (non-hydrogen) atoms. The molecule has 7 heteroatoms. The van der Waals surface area contributed by atoms with Crippen molar-refractivity contribution in [2.24, 2.45) is 5.92 Å². The third-order valence-electron chi connectivity index (χ3n) is 5.21. The monoisotopic (exact) mass is 365 g/mol. The van der Waals surface area contributed by atoms with E-state index >= 15 is 0 Å². The number of rotatable bonds is 4. The molecule has 0 unspecified atom stereocenters. The number of amides is 1. The predicted molar refractivity (Wildman–Crippen MR) is 92.9 cm³/mol. The summed E-state index contributed by atoms with van der Waals surface area (Å²) < 4.78 is 23.0. The minimum Gasteiger partial charge on any atom is -0.480 e. The Balaban J connectivity index is 1.90. The Morgan fingerprint density at radius 1 is 1.24 bits per heavy atom. The van der Waals surface area contributed by atoms with Gasteiger partial charge in [-0.3, -0.25) is 4.79 Å². The Labute approximate surface area is 147 Å². The summed E-state index contributed by atoms with van der Waals surface area (Å²) >= 11 is 0. The van der Waals surface area contributed by atoms with Gasteiger partial charge in [0.05, 0.1) is 5.75 Å². The van der Waals surface area contributed by atoms with Crippen molar-refractivity contribution in [3.05, 3.63) is 35.4 Å². The maximum Gasteiger partial charge on any atom is 0.326 e. The van der Waals surface area contributed by atoms with Crippen molar-refractivity contribution < 1.29 is 23.1 Å². The Morgan fingerprint density at radius 3 is 2.64 bits per heavy atom. The number of nitrogens with zero attached hydrogens (tertiary/aromatic N) is 1. The van der Waals surface area contributed by atoms with Crippen LogP contribution in [-0.4, -0.2) is 48.6 Å². The van der Waals surface area contributed by atoms with Crippen LogP contribution in [0.3, 0.4) is 0 Å². The third-order valence-corrected chi connectivity index (χ3v) is 6.07. The number of hydrogen-bond donors (Lipinski definition) is 1. The molecular weight excluding hydrogens is 342 g/mol. The molecular formula is C18H23NO5S. The fourth-order valence-corrected chi connectivity index (χ4v) is 5.00. The Hall–Kier alpha value is -1.89. The number of aliphatic carboxylic acids is 1. The number of sulfone groups is 1. The van der Waals surface area contributed by atoms with Gasteiger partial charge in [-0.1, -0.05) is 25.0 Å². The quantitative estimate of drug-likeness (QED) is 0.882. The molecule has 0 radical (unpaired) electrons. The summed E-state index contributed by atoms with van der Waals surface area (Å²) in [6.07, 6.45) is 5.55. The lowest BCUT2D eigenvalue weighted by Gasteiger charge is -2.33. The molecule has 2 aliphatic rings. The maximum atomic E-state index is 13.0. The highest BCUT2D eigenvalue weighted by Gasteiger charge is 2.47. The fourth-order valence-electron chi connectivity index (χ4n) is 4.22. The SMILES string of the molecule is CS(=O)(=O)Cc1cccc(C(=O)N2[C@@H]3CCCC[C@H]3C[C@H]2C(=O)O)c1. The van der Waals surface area contributed by atoms with Crippen LogP contribution in [0.2, 0.25) is 0 Å². The van der Waals surface area contributed by atoms with E-state index in [1.807, 2.05) is 0 Å². The van der Waals surface area contributed by atoms with Crippen LogP contribution < -0.4 is 0 Å². The van der Waals surface area contributed by atoms with Crippen LogP contribution in [0.1, 0.15) is 48.0 Å². The molecule has 2 fully saturated rings. The van der Waals surface area contributed by atoms with Gasteiger partial charge in [-0.2, -0.15) is 0 Å². The molecule has 0 spiro atoms. The van der Waals surface area contributed by atoms with Gasteiger partial charge in [0.25, 0.3) is 5.91 Å². The maximum absolute atomic E-state index is 13.0. The van der Waals surface area contributed by atoms with Gasteiger partial charge in [0.1, 0.15) is 6.04 Å². The van der Waals surface area contributed by atoms with Gasteiger partial charge in [0.2, 0.25) is 0 Å². The zero-order valence-electron chi connectivity index (χ0n) is 14.2. The molecule has 0 aromatic heterocycles. The zero-order chi connectivity index (χ0) is 18.2. The van der Waals surface area contributed by atoms with Gasteiger partial charge < -0.3 is 10.0 Å². The Kier molecular flexibility index (Phi) is 4.86. The highest BCUT2D eigenvalue weighted by Crippen LogP contribution is 2.40. The van der Waals surface area contributed by atoms with E-state index in [1.165, 1.54) is 4.90 Å². The number of fused-ring (bicyclic) bond motifs is 1. The summed E-state index contributed by atoms with van der Waals surface area (Å²) in [6, 6.07) is 5.69. The van der Waals surface area contributed by atoms with Crippen LogP contribution in [0.4, 0.5) is 0 Å². The second-order valence-corrected chi connectivity index (χ2v) is 9.32. The smallest absolute Gasteiger partial charge is 0.326 e. The van der Waals surface area contributed by atoms with Crippen molar-refractivity contribution >= 4 is 21.7 Å². The van der Waals surface area contributed by atoms with E-state index < -0.39 is 21.8 Å². The number of hydrogen-bond acceptors (Lipinski definition) is 4. The number of carbonyl (C=O) groups excluding carboxylic acids is 1. The second-order valence-electron chi connectivity index (χ2n) is 7.18. The molecule has 6 nitrogen and oxygen atoms in total. The van der Waals surface area contributed by atoms with Crippen LogP contribution >= 0.6 is 0 Å². The van der Waals surface area contributed by atoms with Crippen molar-refractivity contribution in [2.75, 3.05) is 6.26 Å².